The Labute approximate surface area is 156 Å². The van der Waals surface area contributed by atoms with Gasteiger partial charge in [-0.2, -0.15) is 4.98 Å². The molecule has 1 aliphatic rings. The van der Waals surface area contributed by atoms with Gasteiger partial charge in [-0.1, -0.05) is 19.3 Å². The molecule has 0 aromatic carbocycles. The van der Waals surface area contributed by atoms with Gasteiger partial charge in [-0.05, 0) is 67.1 Å². The van der Waals surface area contributed by atoms with Crippen LogP contribution >= 0.6 is 27.5 Å². The lowest BCUT2D eigenvalue weighted by Crippen LogP contribution is -2.48. The molecule has 0 radical (unpaired) electrons. The summed E-state index contributed by atoms with van der Waals surface area (Å²) in [4.78, 5) is 20.4. The number of hydrogen-bond donors (Lipinski definition) is 1. The first kappa shape index (κ1) is 19.2. The highest BCUT2D eigenvalue weighted by Gasteiger charge is 2.24. The maximum atomic E-state index is 12.2. The summed E-state index contributed by atoms with van der Waals surface area (Å²) in [6.45, 7) is 6.14. The number of rotatable bonds is 4. The van der Waals surface area contributed by atoms with E-state index in [9.17, 15) is 4.79 Å². The van der Waals surface area contributed by atoms with E-state index >= 15 is 0 Å². The van der Waals surface area contributed by atoms with Gasteiger partial charge in [-0.15, -0.1) is 0 Å². The summed E-state index contributed by atoms with van der Waals surface area (Å²) < 4.78 is 6.03. The molecular weight excluding hydrogens is 396 g/mol. The number of nitrogens with one attached hydrogen (secondary N) is 1. The molecule has 0 unspecified atom stereocenters. The van der Waals surface area contributed by atoms with E-state index in [-0.39, 0.29) is 5.28 Å². The zero-order valence-corrected chi connectivity index (χ0v) is 16.7. The van der Waals surface area contributed by atoms with Crippen molar-refractivity contribution in [2.24, 2.45) is 5.92 Å². The van der Waals surface area contributed by atoms with Crippen molar-refractivity contribution in [3.63, 3.8) is 0 Å². The van der Waals surface area contributed by atoms with Crippen molar-refractivity contribution in [1.82, 2.24) is 15.4 Å². The van der Waals surface area contributed by atoms with Crippen LogP contribution < -0.4 is 10.4 Å². The highest BCUT2D eigenvalue weighted by Crippen LogP contribution is 2.28. The Morgan fingerprint density at radius 1 is 1.42 bits per heavy atom. The summed E-state index contributed by atoms with van der Waals surface area (Å²) in [5.74, 6) is 1.03. The average molecular weight is 420 g/mol. The van der Waals surface area contributed by atoms with Crippen molar-refractivity contribution in [1.29, 1.82) is 0 Å². The molecule has 0 atom stereocenters. The van der Waals surface area contributed by atoms with Crippen molar-refractivity contribution < 1.29 is 9.53 Å². The fourth-order valence-corrected chi connectivity index (χ4v) is 3.28. The molecule has 8 heteroatoms. The van der Waals surface area contributed by atoms with Crippen molar-refractivity contribution in [3.8, 4) is 0 Å². The largest absolute Gasteiger partial charge is 0.443 e. The number of hydrazine groups is 1. The summed E-state index contributed by atoms with van der Waals surface area (Å²) in [5, 5.41) is 1.84. The van der Waals surface area contributed by atoms with E-state index in [1.165, 1.54) is 19.3 Å². The van der Waals surface area contributed by atoms with E-state index < -0.39 is 11.7 Å². The number of amides is 1. The molecule has 1 saturated carbocycles. The van der Waals surface area contributed by atoms with E-state index in [0.29, 0.717) is 22.8 Å². The standard InChI is InChI=1S/C16H24BrClN4O2/c1-16(2,3)24-15(23)21-22(10-11-7-5-4-6-8-11)13-12(17)9-19-14(18)20-13/h9,11H,4-8,10H2,1-3H3,(H,21,23). The second-order valence-corrected chi connectivity index (χ2v) is 8.23. The van der Waals surface area contributed by atoms with Gasteiger partial charge in [0.15, 0.2) is 5.82 Å². The number of hydrogen-bond acceptors (Lipinski definition) is 5. The van der Waals surface area contributed by atoms with Crippen LogP contribution in [0.2, 0.25) is 5.28 Å². The van der Waals surface area contributed by atoms with E-state index in [1.807, 2.05) is 20.8 Å². The zero-order valence-electron chi connectivity index (χ0n) is 14.3. The van der Waals surface area contributed by atoms with Crippen LogP contribution in [0.3, 0.4) is 0 Å². The fourth-order valence-electron chi connectivity index (χ4n) is 2.75. The number of carbonyl (C=O) groups excluding carboxylic acids is 1. The van der Waals surface area contributed by atoms with Crippen LogP contribution in [0.5, 0.6) is 0 Å². The molecule has 24 heavy (non-hydrogen) atoms. The minimum Gasteiger partial charge on any atom is -0.443 e. The van der Waals surface area contributed by atoms with Crippen LogP contribution in [-0.4, -0.2) is 28.2 Å². The molecule has 0 aliphatic heterocycles. The van der Waals surface area contributed by atoms with E-state index in [2.05, 4.69) is 31.3 Å². The van der Waals surface area contributed by atoms with E-state index in [4.69, 9.17) is 16.3 Å². The normalized spacial score (nSPS) is 15.9. The summed E-state index contributed by atoms with van der Waals surface area (Å²) >= 11 is 9.36. The van der Waals surface area contributed by atoms with Crippen LogP contribution in [0, 0.1) is 5.92 Å². The molecule has 6 nitrogen and oxygen atoms in total. The van der Waals surface area contributed by atoms with E-state index in [1.54, 1.807) is 11.2 Å². The highest BCUT2D eigenvalue weighted by atomic mass is 79.9. The van der Waals surface area contributed by atoms with Gasteiger partial charge >= 0.3 is 6.09 Å². The number of anilines is 1. The van der Waals surface area contributed by atoms with Gasteiger partial charge in [0.1, 0.15) is 5.60 Å². The molecule has 2 rings (SSSR count). The number of nitrogens with zero attached hydrogens (tertiary/aromatic N) is 3. The quantitative estimate of drug-likeness (QED) is 0.565. The first-order valence-electron chi connectivity index (χ1n) is 8.20. The lowest BCUT2D eigenvalue weighted by Gasteiger charge is -2.31. The Hall–Kier alpha value is -1.08. The monoisotopic (exact) mass is 418 g/mol. The third-order valence-electron chi connectivity index (χ3n) is 3.74. The average Bonchev–Trinajstić information content (AvgIpc) is 2.48. The molecule has 0 bridgehead atoms. The van der Waals surface area contributed by atoms with Gasteiger partial charge in [0.25, 0.3) is 0 Å². The molecule has 1 N–H and O–H groups in total. The minimum absolute atomic E-state index is 0.132. The maximum Gasteiger partial charge on any atom is 0.426 e. The van der Waals surface area contributed by atoms with Gasteiger partial charge < -0.3 is 4.74 Å². The molecule has 1 aliphatic carbocycles. The van der Waals surface area contributed by atoms with E-state index in [0.717, 1.165) is 12.8 Å². The Kier molecular flexibility index (Phi) is 6.69. The Bertz CT molecular complexity index is 574. The smallest absolute Gasteiger partial charge is 0.426 e. The molecule has 1 aromatic rings. The second kappa shape index (κ2) is 8.34. The first-order valence-corrected chi connectivity index (χ1v) is 9.37. The molecule has 1 amide bonds. The van der Waals surface area contributed by atoms with Crippen LogP contribution in [0.15, 0.2) is 10.7 Å². The third kappa shape index (κ3) is 6.09. The molecule has 0 spiro atoms. The van der Waals surface area contributed by atoms with Gasteiger partial charge in [0.05, 0.1) is 4.47 Å². The molecule has 0 saturated heterocycles. The molecule has 1 aromatic heterocycles. The molecular formula is C16H24BrClN4O2. The van der Waals surface area contributed by atoms with Gasteiger partial charge in [0.2, 0.25) is 5.28 Å². The minimum atomic E-state index is -0.568. The number of ether oxygens (including phenoxy) is 1. The Morgan fingerprint density at radius 2 is 2.08 bits per heavy atom. The summed E-state index contributed by atoms with van der Waals surface area (Å²) in [5.41, 5.74) is 2.23. The number of halogens is 2. The molecule has 1 fully saturated rings. The third-order valence-corrected chi connectivity index (χ3v) is 4.48. The van der Waals surface area contributed by atoms with Crippen molar-refractivity contribution in [2.45, 2.75) is 58.5 Å². The molecule has 134 valence electrons. The lowest BCUT2D eigenvalue weighted by atomic mass is 9.89. The summed E-state index contributed by atoms with van der Waals surface area (Å²) in [6.07, 6.45) is 7.06. The van der Waals surface area contributed by atoms with Crippen LogP contribution in [-0.2, 0) is 4.74 Å². The van der Waals surface area contributed by atoms with Gasteiger partial charge in [-0.25, -0.2) is 15.2 Å². The highest BCUT2D eigenvalue weighted by molar-refractivity contribution is 9.10. The lowest BCUT2D eigenvalue weighted by molar-refractivity contribution is 0.0517. The summed E-state index contributed by atoms with van der Waals surface area (Å²) in [6, 6.07) is 0. The van der Waals surface area contributed by atoms with Crippen molar-refractivity contribution in [2.75, 3.05) is 11.6 Å². The second-order valence-electron chi connectivity index (χ2n) is 7.04. The fraction of sp³-hybridized carbons (Fsp3) is 0.688. The zero-order chi connectivity index (χ0) is 17.7. The topological polar surface area (TPSA) is 67.3 Å². The van der Waals surface area contributed by atoms with Gasteiger partial charge in [-0.3, -0.25) is 5.01 Å². The van der Waals surface area contributed by atoms with Crippen LogP contribution in [0.25, 0.3) is 0 Å². The van der Waals surface area contributed by atoms with Gasteiger partial charge in [0, 0.05) is 12.7 Å². The van der Waals surface area contributed by atoms with Crippen LogP contribution in [0.1, 0.15) is 52.9 Å². The summed E-state index contributed by atoms with van der Waals surface area (Å²) in [7, 11) is 0. The predicted octanol–water partition coefficient (Wildman–Crippen LogP) is 4.72. The van der Waals surface area contributed by atoms with Crippen molar-refractivity contribution in [3.05, 3.63) is 16.0 Å². The number of carbonyl (C=O) groups is 1. The SMILES string of the molecule is CC(C)(C)OC(=O)NN(CC1CCCCC1)c1nc(Cl)ncc1Br. The number of aromatic nitrogens is 2. The van der Waals surface area contributed by atoms with Crippen molar-refractivity contribution >= 4 is 39.4 Å². The maximum absolute atomic E-state index is 12.2. The Balaban J connectivity index is 2.16. The molecule has 1 heterocycles. The first-order chi connectivity index (χ1) is 11.2. The van der Waals surface area contributed by atoms with Crippen LogP contribution in [0.4, 0.5) is 10.6 Å². The predicted molar refractivity (Wildman–Crippen MR) is 98.0 cm³/mol. The Morgan fingerprint density at radius 3 is 2.71 bits per heavy atom.